The van der Waals surface area contributed by atoms with Gasteiger partial charge in [-0.1, -0.05) is 54.2 Å². The molecular formula is C27H21F3N6O2S. The zero-order chi connectivity index (χ0) is 27.2. The fourth-order valence-corrected chi connectivity index (χ4v) is 4.54. The summed E-state index contributed by atoms with van der Waals surface area (Å²) in [6.45, 7) is 0.384. The van der Waals surface area contributed by atoms with Gasteiger partial charge in [0.25, 0.3) is 5.91 Å². The molecular weight excluding hydrogens is 529 g/mol. The van der Waals surface area contributed by atoms with Crippen molar-refractivity contribution in [3.8, 4) is 17.1 Å². The lowest BCUT2D eigenvalue weighted by Gasteiger charge is -2.13. The van der Waals surface area contributed by atoms with Gasteiger partial charge >= 0.3 is 6.18 Å². The number of halogens is 3. The van der Waals surface area contributed by atoms with Crippen LogP contribution < -0.4 is 5.32 Å². The number of hydrogen-bond donors (Lipinski definition) is 1. The monoisotopic (exact) mass is 550 g/mol. The molecule has 5 aromatic rings. The lowest BCUT2D eigenvalue weighted by molar-refractivity contribution is -0.137. The molecule has 39 heavy (non-hydrogen) atoms. The van der Waals surface area contributed by atoms with E-state index in [2.05, 4.69) is 25.5 Å². The summed E-state index contributed by atoms with van der Waals surface area (Å²) in [5.41, 5.74) is 1.15. The van der Waals surface area contributed by atoms with Crippen LogP contribution in [-0.4, -0.2) is 37.2 Å². The van der Waals surface area contributed by atoms with Crippen LogP contribution in [0.4, 0.5) is 13.2 Å². The van der Waals surface area contributed by atoms with Crippen LogP contribution in [0.15, 0.2) is 94.8 Å². The Labute approximate surface area is 225 Å². The summed E-state index contributed by atoms with van der Waals surface area (Å²) in [5, 5.41) is 11.6. The van der Waals surface area contributed by atoms with Gasteiger partial charge in [0.1, 0.15) is 6.26 Å². The average Bonchev–Trinajstić information content (AvgIpc) is 3.60. The van der Waals surface area contributed by atoms with Crippen LogP contribution in [0.3, 0.4) is 0 Å². The second-order valence-corrected chi connectivity index (χ2v) is 9.24. The first kappa shape index (κ1) is 26.2. The molecule has 1 amide bonds. The van der Waals surface area contributed by atoms with Crippen molar-refractivity contribution in [3.05, 3.63) is 108 Å². The number of aromatic nitrogens is 5. The van der Waals surface area contributed by atoms with E-state index in [1.807, 2.05) is 36.4 Å². The fraction of sp³-hybridized carbons (Fsp3) is 0.148. The Balaban J connectivity index is 1.32. The number of thioether (sulfide) groups is 1. The van der Waals surface area contributed by atoms with Crippen LogP contribution in [0.1, 0.15) is 27.6 Å². The molecule has 0 unspecified atom stereocenters. The largest absolute Gasteiger partial charge is 0.447 e. The van der Waals surface area contributed by atoms with Crippen molar-refractivity contribution in [3.63, 3.8) is 0 Å². The molecule has 2 aromatic carbocycles. The maximum absolute atomic E-state index is 13.4. The van der Waals surface area contributed by atoms with Crippen LogP contribution in [-0.2, 0) is 18.3 Å². The molecule has 0 saturated heterocycles. The first-order valence-corrected chi connectivity index (χ1v) is 12.8. The summed E-state index contributed by atoms with van der Waals surface area (Å²) >= 11 is 1.18. The minimum Gasteiger partial charge on any atom is -0.447 e. The van der Waals surface area contributed by atoms with Crippen molar-refractivity contribution in [2.75, 3.05) is 6.54 Å². The van der Waals surface area contributed by atoms with Gasteiger partial charge in [-0.15, -0.1) is 10.2 Å². The summed E-state index contributed by atoms with van der Waals surface area (Å²) < 4.78 is 47.3. The standard InChI is InChI=1S/C27H21F3N6O2S/c28-27(29,30)19-9-6-11-21(15-19)36-24(18-7-2-1-3-8-18)34-35-26(36)39-17-23-33-22(16-38-23)25(37)32-14-12-20-10-4-5-13-31-20/h1-11,13,15-16H,12,14,17H2,(H,32,37). The molecule has 0 radical (unpaired) electrons. The van der Waals surface area contributed by atoms with Crippen LogP contribution in [0.2, 0.25) is 0 Å². The number of rotatable bonds is 9. The number of pyridine rings is 1. The summed E-state index contributed by atoms with van der Waals surface area (Å²) in [7, 11) is 0. The number of carbonyl (C=O) groups excluding carboxylic acids is 1. The van der Waals surface area contributed by atoms with Gasteiger partial charge in [0, 0.05) is 30.4 Å². The van der Waals surface area contributed by atoms with Gasteiger partial charge in [0.15, 0.2) is 16.7 Å². The summed E-state index contributed by atoms with van der Waals surface area (Å²) in [4.78, 5) is 20.9. The summed E-state index contributed by atoms with van der Waals surface area (Å²) in [6.07, 6.45) is -0.979. The maximum atomic E-state index is 13.4. The third-order valence-electron chi connectivity index (χ3n) is 5.60. The first-order valence-electron chi connectivity index (χ1n) is 11.8. The summed E-state index contributed by atoms with van der Waals surface area (Å²) in [6, 6.07) is 19.6. The van der Waals surface area contributed by atoms with E-state index >= 15 is 0 Å². The number of nitrogens with one attached hydrogen (secondary N) is 1. The second-order valence-electron chi connectivity index (χ2n) is 8.30. The quantitative estimate of drug-likeness (QED) is 0.239. The zero-order valence-corrected chi connectivity index (χ0v) is 21.1. The Morgan fingerprint density at radius 1 is 1.00 bits per heavy atom. The lowest BCUT2D eigenvalue weighted by atomic mass is 10.1. The molecule has 0 atom stereocenters. The molecule has 5 rings (SSSR count). The third kappa shape index (κ3) is 6.34. The van der Waals surface area contributed by atoms with E-state index in [0.717, 1.165) is 17.8 Å². The Hall–Kier alpha value is -4.45. The van der Waals surface area contributed by atoms with Crippen LogP contribution in [0.25, 0.3) is 17.1 Å². The van der Waals surface area contributed by atoms with Crippen LogP contribution in [0.5, 0.6) is 0 Å². The highest BCUT2D eigenvalue weighted by atomic mass is 32.2. The Morgan fingerprint density at radius 3 is 2.59 bits per heavy atom. The minimum atomic E-state index is -4.50. The SMILES string of the molecule is O=C(NCCc1ccccn1)c1coc(CSc2nnc(-c3ccccc3)n2-c2cccc(C(F)(F)F)c2)n1. The van der Waals surface area contributed by atoms with Crippen molar-refractivity contribution in [1.82, 2.24) is 30.0 Å². The highest BCUT2D eigenvalue weighted by Crippen LogP contribution is 2.34. The Morgan fingerprint density at radius 2 is 1.82 bits per heavy atom. The smallest absolute Gasteiger partial charge is 0.416 e. The molecule has 12 heteroatoms. The Kier molecular flexibility index (Phi) is 7.73. The molecule has 0 aliphatic rings. The van der Waals surface area contributed by atoms with Gasteiger partial charge in [-0.25, -0.2) is 4.98 Å². The van der Waals surface area contributed by atoms with Crippen LogP contribution >= 0.6 is 11.8 Å². The van der Waals surface area contributed by atoms with Gasteiger partial charge in [0.2, 0.25) is 5.89 Å². The lowest BCUT2D eigenvalue weighted by Crippen LogP contribution is -2.26. The van der Waals surface area contributed by atoms with E-state index < -0.39 is 11.7 Å². The molecule has 198 valence electrons. The van der Waals surface area contributed by atoms with Crippen molar-refractivity contribution < 1.29 is 22.4 Å². The average molecular weight is 551 g/mol. The topological polar surface area (TPSA) is 98.7 Å². The van der Waals surface area contributed by atoms with Crippen molar-refractivity contribution in [2.24, 2.45) is 0 Å². The third-order valence-corrected chi connectivity index (χ3v) is 6.51. The molecule has 1 N–H and O–H groups in total. The molecule has 8 nitrogen and oxygen atoms in total. The van der Waals surface area contributed by atoms with E-state index in [-0.39, 0.29) is 28.9 Å². The van der Waals surface area contributed by atoms with E-state index in [1.54, 1.807) is 29.0 Å². The van der Waals surface area contributed by atoms with Gasteiger partial charge in [-0.05, 0) is 30.3 Å². The van der Waals surface area contributed by atoms with Gasteiger partial charge < -0.3 is 9.73 Å². The van der Waals surface area contributed by atoms with Crippen molar-refractivity contribution >= 4 is 17.7 Å². The highest BCUT2D eigenvalue weighted by Gasteiger charge is 2.31. The zero-order valence-electron chi connectivity index (χ0n) is 20.3. The molecule has 0 aliphatic carbocycles. The number of alkyl halides is 3. The molecule has 0 bridgehead atoms. The molecule has 0 spiro atoms. The Bertz CT molecular complexity index is 1550. The number of carbonyl (C=O) groups is 1. The number of hydrogen-bond acceptors (Lipinski definition) is 7. The maximum Gasteiger partial charge on any atom is 0.416 e. The number of benzene rings is 2. The second kappa shape index (κ2) is 11.5. The van der Waals surface area contributed by atoms with E-state index in [9.17, 15) is 18.0 Å². The molecule has 3 aromatic heterocycles. The molecule has 0 fully saturated rings. The molecule has 0 saturated carbocycles. The minimum absolute atomic E-state index is 0.121. The number of nitrogens with zero attached hydrogens (tertiary/aromatic N) is 5. The van der Waals surface area contributed by atoms with E-state index in [1.165, 1.54) is 24.1 Å². The van der Waals surface area contributed by atoms with E-state index in [4.69, 9.17) is 4.42 Å². The van der Waals surface area contributed by atoms with E-state index in [0.29, 0.717) is 29.5 Å². The first-order chi connectivity index (χ1) is 18.9. The van der Waals surface area contributed by atoms with Gasteiger partial charge in [-0.2, -0.15) is 13.2 Å². The number of oxazole rings is 1. The normalized spacial score (nSPS) is 11.5. The predicted octanol–water partition coefficient (Wildman–Crippen LogP) is 5.60. The highest BCUT2D eigenvalue weighted by molar-refractivity contribution is 7.98. The molecule has 3 heterocycles. The van der Waals surface area contributed by atoms with Gasteiger partial charge in [0.05, 0.1) is 17.0 Å². The van der Waals surface area contributed by atoms with Crippen molar-refractivity contribution in [2.45, 2.75) is 23.5 Å². The summed E-state index contributed by atoms with van der Waals surface area (Å²) in [5.74, 6) is 0.435. The fourth-order valence-electron chi connectivity index (χ4n) is 3.74. The van der Waals surface area contributed by atoms with Gasteiger partial charge in [-0.3, -0.25) is 14.3 Å². The predicted molar refractivity (Wildman–Crippen MR) is 138 cm³/mol. The van der Waals surface area contributed by atoms with Crippen LogP contribution in [0, 0.1) is 0 Å². The van der Waals surface area contributed by atoms with Crippen molar-refractivity contribution in [1.29, 1.82) is 0 Å². The number of amides is 1. The molecule has 0 aliphatic heterocycles.